The van der Waals surface area contributed by atoms with Crippen molar-refractivity contribution >= 4 is 11.8 Å². The van der Waals surface area contributed by atoms with Crippen LogP contribution in [0.5, 0.6) is 0 Å². The standard InChI is InChI=1S/C13H24OS/c1-6-12(4)8-7-9-13(14-5)10-15-11(2)3/h7-9,11-12H,6,10H2,1-5H3/b8-7-,13-9+. The molecule has 0 fully saturated rings. The van der Waals surface area contributed by atoms with Crippen molar-refractivity contribution in [1.82, 2.24) is 0 Å². The number of allylic oxidation sites excluding steroid dienone is 3. The molecule has 1 atom stereocenters. The SMILES string of the molecule is CCC(C)/C=C\C=C(/CSC(C)C)OC. The highest BCUT2D eigenvalue weighted by Crippen LogP contribution is 2.14. The molecule has 0 bridgehead atoms. The van der Waals surface area contributed by atoms with E-state index in [1.807, 2.05) is 11.8 Å². The zero-order valence-electron chi connectivity index (χ0n) is 10.6. The van der Waals surface area contributed by atoms with E-state index in [4.69, 9.17) is 4.74 Å². The third-order valence-electron chi connectivity index (χ3n) is 2.19. The fourth-order valence-corrected chi connectivity index (χ4v) is 1.62. The molecule has 0 radical (unpaired) electrons. The summed E-state index contributed by atoms with van der Waals surface area (Å²) in [5.74, 6) is 2.66. The van der Waals surface area contributed by atoms with E-state index in [1.165, 1.54) is 6.42 Å². The van der Waals surface area contributed by atoms with Crippen molar-refractivity contribution in [3.05, 3.63) is 24.0 Å². The lowest BCUT2D eigenvalue weighted by Crippen LogP contribution is -1.95. The third kappa shape index (κ3) is 8.61. The first-order chi connectivity index (χ1) is 7.10. The van der Waals surface area contributed by atoms with Crippen LogP contribution in [0, 0.1) is 5.92 Å². The molecule has 0 aromatic heterocycles. The maximum atomic E-state index is 5.31. The summed E-state index contributed by atoms with van der Waals surface area (Å²) < 4.78 is 5.31. The Morgan fingerprint density at radius 2 is 2.00 bits per heavy atom. The normalized spacial score (nSPS) is 14.9. The van der Waals surface area contributed by atoms with Crippen LogP contribution in [0.3, 0.4) is 0 Å². The van der Waals surface area contributed by atoms with Crippen molar-refractivity contribution in [2.45, 2.75) is 39.4 Å². The Morgan fingerprint density at radius 1 is 1.33 bits per heavy atom. The van der Waals surface area contributed by atoms with Gasteiger partial charge in [0.2, 0.25) is 0 Å². The van der Waals surface area contributed by atoms with Crippen LogP contribution in [0.15, 0.2) is 24.0 Å². The Hall–Kier alpha value is -0.370. The van der Waals surface area contributed by atoms with Gasteiger partial charge >= 0.3 is 0 Å². The maximum Gasteiger partial charge on any atom is 0.105 e. The second kappa shape index (κ2) is 8.90. The van der Waals surface area contributed by atoms with Crippen LogP contribution in [0.1, 0.15) is 34.1 Å². The Labute approximate surface area is 99.0 Å². The number of ether oxygens (including phenoxy) is 1. The molecule has 88 valence electrons. The summed E-state index contributed by atoms with van der Waals surface area (Å²) >= 11 is 1.90. The average Bonchev–Trinajstić information content (AvgIpc) is 2.22. The average molecular weight is 228 g/mol. The van der Waals surface area contributed by atoms with Gasteiger partial charge in [-0.05, 0) is 17.2 Å². The molecule has 0 aliphatic carbocycles. The molecule has 0 aromatic carbocycles. The minimum absolute atomic E-state index is 0.650. The quantitative estimate of drug-likeness (QED) is 0.475. The van der Waals surface area contributed by atoms with E-state index >= 15 is 0 Å². The smallest absolute Gasteiger partial charge is 0.105 e. The van der Waals surface area contributed by atoms with Crippen LogP contribution >= 0.6 is 11.8 Å². The van der Waals surface area contributed by atoms with Gasteiger partial charge in [-0.25, -0.2) is 0 Å². The van der Waals surface area contributed by atoms with E-state index < -0.39 is 0 Å². The van der Waals surface area contributed by atoms with Gasteiger partial charge in [0.15, 0.2) is 0 Å². The van der Waals surface area contributed by atoms with E-state index in [1.54, 1.807) is 7.11 Å². The molecular weight excluding hydrogens is 204 g/mol. The zero-order valence-corrected chi connectivity index (χ0v) is 11.4. The van der Waals surface area contributed by atoms with Gasteiger partial charge in [0, 0.05) is 0 Å². The summed E-state index contributed by atoms with van der Waals surface area (Å²) in [5.41, 5.74) is 0. The highest BCUT2D eigenvalue weighted by atomic mass is 32.2. The minimum Gasteiger partial charge on any atom is -0.500 e. The molecule has 0 amide bonds. The molecule has 0 N–H and O–H groups in total. The van der Waals surface area contributed by atoms with Crippen LogP contribution in [-0.4, -0.2) is 18.1 Å². The van der Waals surface area contributed by atoms with Crippen molar-refractivity contribution in [2.75, 3.05) is 12.9 Å². The Bertz CT molecular complexity index is 207. The number of thioether (sulfide) groups is 1. The van der Waals surface area contributed by atoms with Crippen molar-refractivity contribution < 1.29 is 4.74 Å². The van der Waals surface area contributed by atoms with Crippen molar-refractivity contribution in [1.29, 1.82) is 0 Å². The lowest BCUT2D eigenvalue weighted by Gasteiger charge is -2.07. The number of hydrogen-bond donors (Lipinski definition) is 0. The lowest BCUT2D eigenvalue weighted by molar-refractivity contribution is 0.296. The van der Waals surface area contributed by atoms with Crippen LogP contribution in [0.25, 0.3) is 0 Å². The summed E-state index contributed by atoms with van der Waals surface area (Å²) in [4.78, 5) is 0. The van der Waals surface area contributed by atoms with E-state index in [9.17, 15) is 0 Å². The number of rotatable bonds is 7. The van der Waals surface area contributed by atoms with Gasteiger partial charge in [-0.2, -0.15) is 11.8 Å². The van der Waals surface area contributed by atoms with Crippen LogP contribution in [0.4, 0.5) is 0 Å². The topological polar surface area (TPSA) is 9.23 Å². The molecule has 1 unspecified atom stereocenters. The molecule has 0 heterocycles. The molecule has 0 aliphatic rings. The second-order valence-electron chi connectivity index (χ2n) is 3.97. The molecule has 0 saturated heterocycles. The van der Waals surface area contributed by atoms with Crippen molar-refractivity contribution in [3.8, 4) is 0 Å². The molecule has 15 heavy (non-hydrogen) atoms. The maximum absolute atomic E-state index is 5.31. The monoisotopic (exact) mass is 228 g/mol. The predicted molar refractivity (Wildman–Crippen MR) is 71.3 cm³/mol. The van der Waals surface area contributed by atoms with Gasteiger partial charge in [-0.3, -0.25) is 0 Å². The summed E-state index contributed by atoms with van der Waals surface area (Å²) in [6.07, 6.45) is 7.59. The summed E-state index contributed by atoms with van der Waals surface area (Å²) in [5, 5.41) is 0.655. The highest BCUT2D eigenvalue weighted by molar-refractivity contribution is 8.00. The molecule has 0 rings (SSSR count). The van der Waals surface area contributed by atoms with E-state index in [2.05, 4.69) is 45.9 Å². The lowest BCUT2D eigenvalue weighted by atomic mass is 10.1. The zero-order chi connectivity index (χ0) is 11.7. The van der Waals surface area contributed by atoms with Gasteiger partial charge in [-0.1, -0.05) is 46.3 Å². The third-order valence-corrected chi connectivity index (χ3v) is 3.30. The summed E-state index contributed by atoms with van der Waals surface area (Å²) in [6, 6.07) is 0. The van der Waals surface area contributed by atoms with Crippen LogP contribution in [-0.2, 0) is 4.74 Å². The van der Waals surface area contributed by atoms with Gasteiger partial charge in [0.1, 0.15) is 5.76 Å². The van der Waals surface area contributed by atoms with Crippen molar-refractivity contribution in [2.24, 2.45) is 5.92 Å². The number of hydrogen-bond acceptors (Lipinski definition) is 2. The minimum atomic E-state index is 0.650. The Balaban J connectivity index is 4.04. The van der Waals surface area contributed by atoms with Gasteiger partial charge in [0.05, 0.1) is 12.9 Å². The first kappa shape index (κ1) is 14.6. The van der Waals surface area contributed by atoms with Gasteiger partial charge in [0.25, 0.3) is 0 Å². The van der Waals surface area contributed by atoms with Crippen LogP contribution < -0.4 is 0 Å². The predicted octanol–water partition coefficient (Wildman–Crippen LogP) is 4.26. The first-order valence-electron chi connectivity index (χ1n) is 5.63. The summed E-state index contributed by atoms with van der Waals surface area (Å²) in [6.45, 7) is 8.82. The van der Waals surface area contributed by atoms with Crippen molar-refractivity contribution in [3.63, 3.8) is 0 Å². The van der Waals surface area contributed by atoms with Gasteiger partial charge in [-0.15, -0.1) is 0 Å². The summed E-state index contributed by atoms with van der Waals surface area (Å²) in [7, 11) is 1.74. The van der Waals surface area contributed by atoms with E-state index in [0.717, 1.165) is 11.5 Å². The molecule has 2 heteroatoms. The Kier molecular flexibility index (Phi) is 8.68. The van der Waals surface area contributed by atoms with E-state index in [0.29, 0.717) is 11.2 Å². The highest BCUT2D eigenvalue weighted by Gasteiger charge is 1.98. The molecule has 0 aromatic rings. The Morgan fingerprint density at radius 3 is 2.47 bits per heavy atom. The molecular formula is C13H24OS. The van der Waals surface area contributed by atoms with Crippen LogP contribution in [0.2, 0.25) is 0 Å². The van der Waals surface area contributed by atoms with Gasteiger partial charge < -0.3 is 4.74 Å². The second-order valence-corrected chi connectivity index (χ2v) is 5.53. The fraction of sp³-hybridized carbons (Fsp3) is 0.692. The molecule has 1 nitrogen and oxygen atoms in total. The van der Waals surface area contributed by atoms with E-state index in [-0.39, 0.29) is 0 Å². The number of methoxy groups -OCH3 is 1. The molecule has 0 aliphatic heterocycles. The first-order valence-corrected chi connectivity index (χ1v) is 6.68. The molecule has 0 saturated carbocycles. The molecule has 0 spiro atoms. The fourth-order valence-electron chi connectivity index (χ4n) is 0.913. The largest absolute Gasteiger partial charge is 0.500 e.